The third kappa shape index (κ3) is 8.73. The number of carbonyl (C=O) groups is 5. The quantitative estimate of drug-likeness (QED) is 0.174. The van der Waals surface area contributed by atoms with Gasteiger partial charge in [0.15, 0.2) is 0 Å². The van der Waals surface area contributed by atoms with Crippen molar-refractivity contribution in [1.29, 1.82) is 0 Å². The van der Waals surface area contributed by atoms with Gasteiger partial charge < -0.3 is 26.2 Å². The summed E-state index contributed by atoms with van der Waals surface area (Å²) in [7, 11) is -3.65. The molecule has 1 heterocycles. The van der Waals surface area contributed by atoms with E-state index in [0.717, 1.165) is 77.0 Å². The van der Waals surface area contributed by atoms with Gasteiger partial charge in [0, 0.05) is 25.7 Å². The Labute approximate surface area is 316 Å². The molecule has 6 rings (SSSR count). The smallest absolute Gasteiger partial charge is 0.315 e. The first-order valence-corrected chi connectivity index (χ1v) is 22.2. The summed E-state index contributed by atoms with van der Waals surface area (Å²) >= 11 is 0. The van der Waals surface area contributed by atoms with Gasteiger partial charge in [-0.1, -0.05) is 86.0 Å². The Bertz CT molecular complexity index is 1530. The van der Waals surface area contributed by atoms with Gasteiger partial charge in [0.25, 0.3) is 5.91 Å². The zero-order chi connectivity index (χ0) is 38.3. The van der Waals surface area contributed by atoms with E-state index in [0.29, 0.717) is 38.9 Å². The van der Waals surface area contributed by atoms with Crippen LogP contribution in [0.2, 0.25) is 0 Å². The summed E-state index contributed by atoms with van der Waals surface area (Å²) in [5.74, 6) is -2.00. The van der Waals surface area contributed by atoms with Crippen LogP contribution in [0.5, 0.6) is 0 Å². The molecule has 4 N–H and O–H groups in total. The highest BCUT2D eigenvalue weighted by Crippen LogP contribution is 2.65. The largest absolute Gasteiger partial charge is 0.347 e. The number of fused-ring (bicyclic) bond motifs is 1. The monoisotopic (exact) mass is 760 g/mol. The molecular formula is C39H64N6O7S. The molecular weight excluding hydrogens is 697 g/mol. The summed E-state index contributed by atoms with van der Waals surface area (Å²) in [5.41, 5.74) is -1.72. The zero-order valence-corrected chi connectivity index (χ0v) is 33.5. The molecule has 6 fully saturated rings. The molecule has 5 amide bonds. The highest BCUT2D eigenvalue weighted by atomic mass is 32.2. The molecule has 0 spiro atoms. The first-order chi connectivity index (χ1) is 25.0. The number of likely N-dealkylation sites (tertiary alicyclic amines) is 1. The molecule has 5 aliphatic carbocycles. The van der Waals surface area contributed by atoms with E-state index in [9.17, 15) is 32.4 Å². The van der Waals surface area contributed by atoms with Crippen LogP contribution in [-0.4, -0.2) is 102 Å². The Morgan fingerprint density at radius 3 is 2.00 bits per heavy atom. The van der Waals surface area contributed by atoms with Crippen molar-refractivity contribution in [2.75, 3.05) is 25.4 Å². The number of piperidine rings is 1. The van der Waals surface area contributed by atoms with Gasteiger partial charge in [-0.3, -0.25) is 19.2 Å². The summed E-state index contributed by atoms with van der Waals surface area (Å²) < 4.78 is 28.5. The van der Waals surface area contributed by atoms with Crippen molar-refractivity contribution in [3.05, 3.63) is 0 Å². The number of nitrogens with one attached hydrogen (secondary N) is 4. The second-order valence-corrected chi connectivity index (χ2v) is 20.1. The molecule has 5 unspecified atom stereocenters. The number of Topliss-reactive ketones (excluding diaryl/α,β-unsaturated/α-hetero) is 1. The van der Waals surface area contributed by atoms with Gasteiger partial charge in [0.05, 0.1) is 17.3 Å². The van der Waals surface area contributed by atoms with Crippen molar-refractivity contribution >= 4 is 39.6 Å². The normalized spacial score (nSPS) is 28.3. The van der Waals surface area contributed by atoms with E-state index in [-0.39, 0.29) is 40.9 Å². The van der Waals surface area contributed by atoms with Crippen molar-refractivity contribution in [3.63, 3.8) is 0 Å². The molecule has 0 radical (unpaired) electrons. The molecule has 5 saturated carbocycles. The summed E-state index contributed by atoms with van der Waals surface area (Å²) in [5, 5.41) is 11.9. The van der Waals surface area contributed by atoms with Crippen LogP contribution in [0.3, 0.4) is 0 Å². The number of rotatable bonds is 16. The highest BCUT2D eigenvalue weighted by molar-refractivity contribution is 7.89. The number of hydrogen-bond acceptors (Lipinski definition) is 7. The first kappa shape index (κ1) is 39.9. The maximum absolute atomic E-state index is 15.0. The number of carbonyl (C=O) groups excluding carboxylic acids is 5. The second-order valence-electron chi connectivity index (χ2n) is 18.2. The van der Waals surface area contributed by atoms with Gasteiger partial charge in [0.1, 0.15) is 12.1 Å². The van der Waals surface area contributed by atoms with Crippen LogP contribution in [0, 0.1) is 28.6 Å². The van der Waals surface area contributed by atoms with Crippen molar-refractivity contribution in [2.24, 2.45) is 28.6 Å². The first-order valence-electron chi connectivity index (χ1n) is 20.6. The summed E-state index contributed by atoms with van der Waals surface area (Å²) in [4.78, 5) is 71.3. The average Bonchev–Trinajstić information content (AvgIpc) is 4.07. The van der Waals surface area contributed by atoms with Crippen LogP contribution in [0.25, 0.3) is 0 Å². The maximum atomic E-state index is 15.0. The van der Waals surface area contributed by atoms with E-state index in [4.69, 9.17) is 0 Å². The Hall–Kier alpha value is -2.74. The lowest BCUT2D eigenvalue weighted by Crippen LogP contribution is -2.65. The molecule has 53 heavy (non-hydrogen) atoms. The van der Waals surface area contributed by atoms with Crippen LogP contribution < -0.4 is 21.3 Å². The lowest BCUT2D eigenvalue weighted by atomic mass is 9.70. The minimum Gasteiger partial charge on any atom is -0.347 e. The van der Waals surface area contributed by atoms with E-state index in [2.05, 4.69) is 35.1 Å². The summed E-state index contributed by atoms with van der Waals surface area (Å²) in [6.07, 6.45) is 11.9. The summed E-state index contributed by atoms with van der Waals surface area (Å²) in [6, 6.07) is -3.28. The SMILES string of the molecule is CCN(CC)S(=O)(=O)CC1(NC(=O)NC(C(=O)N2CC3C(C2C(=O)NC(CC2CC2)C(=O)C(=O)NC2CC2)C3(C)C)C2(C)CCCCC2)CCCCC1. The van der Waals surface area contributed by atoms with Crippen molar-refractivity contribution in [2.45, 2.75) is 161 Å². The number of sulfonamides is 1. The molecule has 1 saturated heterocycles. The van der Waals surface area contributed by atoms with Crippen LogP contribution in [-0.2, 0) is 29.2 Å². The number of ketones is 1. The predicted molar refractivity (Wildman–Crippen MR) is 201 cm³/mol. The van der Waals surface area contributed by atoms with Gasteiger partial charge in [-0.05, 0) is 73.5 Å². The molecule has 13 nitrogen and oxygen atoms in total. The van der Waals surface area contributed by atoms with E-state index in [1.165, 1.54) is 4.31 Å². The molecule has 6 aliphatic rings. The Morgan fingerprint density at radius 1 is 0.830 bits per heavy atom. The van der Waals surface area contributed by atoms with E-state index in [1.807, 2.05) is 20.8 Å². The Balaban J connectivity index is 1.23. The van der Waals surface area contributed by atoms with Gasteiger partial charge >= 0.3 is 6.03 Å². The minimum absolute atomic E-state index is 0.0160. The van der Waals surface area contributed by atoms with Gasteiger partial charge in [-0.25, -0.2) is 17.5 Å². The molecule has 0 bridgehead atoms. The van der Waals surface area contributed by atoms with Gasteiger partial charge in [0.2, 0.25) is 27.6 Å². The lowest BCUT2D eigenvalue weighted by Gasteiger charge is -2.44. The van der Waals surface area contributed by atoms with E-state index >= 15 is 0 Å². The van der Waals surface area contributed by atoms with Crippen LogP contribution in [0.1, 0.15) is 131 Å². The van der Waals surface area contributed by atoms with Crippen LogP contribution >= 0.6 is 0 Å². The standard InChI is InChI=1S/C39H64N6O7S/c1-6-44(7-2)53(51,52)24-39(20-12-9-13-21-39)43-36(50)42-32(38(5)18-10-8-11-19-38)35(49)45-23-27-29(37(27,3)4)30(45)33(47)41-28(22-25-14-15-25)31(46)34(48)40-26-16-17-26/h25-30,32H,6-24H2,1-5H3,(H,40,48)(H,41,47)(H2,42,43,50). The lowest BCUT2D eigenvalue weighted by molar-refractivity contribution is -0.146. The molecule has 0 aromatic heterocycles. The van der Waals surface area contributed by atoms with Crippen LogP contribution in [0.15, 0.2) is 0 Å². The fourth-order valence-corrected chi connectivity index (χ4v) is 12.0. The molecule has 5 atom stereocenters. The fraction of sp³-hybridized carbons (Fsp3) is 0.872. The molecule has 298 valence electrons. The second kappa shape index (κ2) is 15.4. The molecule has 14 heteroatoms. The van der Waals surface area contributed by atoms with E-state index < -0.39 is 62.7 Å². The third-order valence-corrected chi connectivity index (χ3v) is 16.0. The number of nitrogens with zero attached hydrogens (tertiary/aromatic N) is 2. The molecule has 0 aromatic rings. The Morgan fingerprint density at radius 2 is 1.43 bits per heavy atom. The summed E-state index contributed by atoms with van der Waals surface area (Å²) in [6.45, 7) is 10.9. The highest BCUT2D eigenvalue weighted by Gasteiger charge is 2.70. The average molecular weight is 761 g/mol. The molecule has 0 aromatic carbocycles. The van der Waals surface area contributed by atoms with Crippen molar-refractivity contribution in [3.8, 4) is 0 Å². The number of hydrogen-bond donors (Lipinski definition) is 4. The number of urea groups is 1. The van der Waals surface area contributed by atoms with Gasteiger partial charge in [-0.15, -0.1) is 0 Å². The maximum Gasteiger partial charge on any atom is 0.315 e. The molecule has 1 aliphatic heterocycles. The zero-order valence-electron chi connectivity index (χ0n) is 32.6. The van der Waals surface area contributed by atoms with Crippen LogP contribution in [0.4, 0.5) is 4.79 Å². The minimum atomic E-state index is -3.65. The fourth-order valence-electron chi connectivity index (χ4n) is 9.98. The Kier molecular flexibility index (Phi) is 11.6. The predicted octanol–water partition coefficient (Wildman–Crippen LogP) is 3.61. The number of amides is 5. The van der Waals surface area contributed by atoms with Gasteiger partial charge in [-0.2, -0.15) is 0 Å². The van der Waals surface area contributed by atoms with Crippen molar-refractivity contribution < 1.29 is 32.4 Å². The van der Waals surface area contributed by atoms with Crippen molar-refractivity contribution in [1.82, 2.24) is 30.5 Å². The van der Waals surface area contributed by atoms with E-state index in [1.54, 1.807) is 4.90 Å². The third-order valence-electron chi connectivity index (χ3n) is 13.8. The topological polar surface area (TPSA) is 174 Å².